The zero-order valence-electron chi connectivity index (χ0n) is 17.1. The van der Waals surface area contributed by atoms with Gasteiger partial charge in [0, 0.05) is 29.2 Å². The number of carbonyl (C=O) groups excluding carboxylic acids is 1. The number of carbonyl (C=O) groups is 1. The van der Waals surface area contributed by atoms with Gasteiger partial charge in [-0.15, -0.1) is 0 Å². The summed E-state index contributed by atoms with van der Waals surface area (Å²) in [6.07, 6.45) is 0.343. The van der Waals surface area contributed by atoms with Crippen LogP contribution in [0.4, 0.5) is 5.69 Å². The maximum atomic E-state index is 12.6. The van der Waals surface area contributed by atoms with Gasteiger partial charge in [0.15, 0.2) is 0 Å². The van der Waals surface area contributed by atoms with Crippen LogP contribution in [-0.2, 0) is 10.2 Å². The van der Waals surface area contributed by atoms with Crippen molar-refractivity contribution < 1.29 is 9.32 Å². The lowest BCUT2D eigenvalue weighted by Gasteiger charge is -2.18. The van der Waals surface area contributed by atoms with Gasteiger partial charge in [0.25, 0.3) is 0 Å². The van der Waals surface area contributed by atoms with Crippen molar-refractivity contribution in [1.82, 2.24) is 10.1 Å². The smallest absolute Gasteiger partial charge is 0.232 e. The molecule has 1 amide bonds. The third-order valence-electron chi connectivity index (χ3n) is 5.39. The summed E-state index contributed by atoms with van der Waals surface area (Å²) in [5, 5.41) is 4.78. The molecule has 5 nitrogen and oxygen atoms in total. The molecule has 1 aliphatic heterocycles. The van der Waals surface area contributed by atoms with Gasteiger partial charge in [0.2, 0.25) is 17.6 Å². The maximum Gasteiger partial charge on any atom is 0.232 e. The molecule has 0 radical (unpaired) electrons. The molecule has 1 saturated heterocycles. The van der Waals surface area contributed by atoms with Gasteiger partial charge in [0.1, 0.15) is 0 Å². The quantitative estimate of drug-likeness (QED) is 0.571. The van der Waals surface area contributed by atoms with Crippen molar-refractivity contribution >= 4 is 23.2 Å². The summed E-state index contributed by atoms with van der Waals surface area (Å²) in [7, 11) is 0. The van der Waals surface area contributed by atoms with Crippen LogP contribution in [0.3, 0.4) is 0 Å². The van der Waals surface area contributed by atoms with E-state index in [-0.39, 0.29) is 17.2 Å². The lowest BCUT2D eigenvalue weighted by atomic mass is 9.87. The second-order valence-corrected chi connectivity index (χ2v) is 9.03. The number of benzene rings is 2. The number of rotatable bonds is 3. The van der Waals surface area contributed by atoms with E-state index < -0.39 is 0 Å². The average Bonchev–Trinajstić information content (AvgIpc) is 3.30. The molecule has 0 N–H and O–H groups in total. The van der Waals surface area contributed by atoms with E-state index in [1.54, 1.807) is 4.90 Å². The normalized spacial score (nSPS) is 17.2. The van der Waals surface area contributed by atoms with Crippen LogP contribution in [0.1, 0.15) is 50.1 Å². The topological polar surface area (TPSA) is 59.2 Å². The Kier molecular flexibility index (Phi) is 4.95. The number of aryl methyl sites for hydroxylation is 1. The van der Waals surface area contributed by atoms with Crippen LogP contribution in [0.5, 0.6) is 0 Å². The summed E-state index contributed by atoms with van der Waals surface area (Å²) in [4.78, 5) is 18.9. The molecule has 1 fully saturated rings. The summed E-state index contributed by atoms with van der Waals surface area (Å²) in [5.74, 6) is 0.945. The predicted octanol–water partition coefficient (Wildman–Crippen LogP) is 5.52. The van der Waals surface area contributed by atoms with Crippen LogP contribution in [-0.4, -0.2) is 22.6 Å². The van der Waals surface area contributed by atoms with Crippen LogP contribution in [0.2, 0.25) is 5.02 Å². The molecule has 0 saturated carbocycles. The largest absolute Gasteiger partial charge is 0.339 e. The van der Waals surface area contributed by atoms with Gasteiger partial charge in [-0.05, 0) is 35.6 Å². The molecule has 4 rings (SSSR count). The molecule has 0 aliphatic carbocycles. The number of aromatic nitrogens is 2. The number of amides is 1. The molecule has 6 heteroatoms. The standard InChI is InChI=1S/C23H24ClN3O2/c1-14-5-10-18(12-19(14)24)27-13-16(11-20(27)28)22-25-21(26-29-22)15-6-8-17(9-7-15)23(2,3)4/h5-10,12,16H,11,13H2,1-4H3. The van der Waals surface area contributed by atoms with Crippen molar-refractivity contribution in [3.8, 4) is 11.4 Å². The highest BCUT2D eigenvalue weighted by Crippen LogP contribution is 2.34. The van der Waals surface area contributed by atoms with E-state index in [1.807, 2.05) is 37.3 Å². The highest BCUT2D eigenvalue weighted by atomic mass is 35.5. The molecule has 1 aromatic heterocycles. The molecule has 150 valence electrons. The molecule has 29 heavy (non-hydrogen) atoms. The fraction of sp³-hybridized carbons (Fsp3) is 0.348. The average molecular weight is 410 g/mol. The number of hydrogen-bond acceptors (Lipinski definition) is 4. The first-order valence-electron chi connectivity index (χ1n) is 9.73. The minimum absolute atomic E-state index is 0.0317. The summed E-state index contributed by atoms with van der Waals surface area (Å²) in [5.41, 5.74) is 4.02. The van der Waals surface area contributed by atoms with E-state index in [1.165, 1.54) is 5.56 Å². The number of nitrogens with zero attached hydrogens (tertiary/aromatic N) is 3. The van der Waals surface area contributed by atoms with Gasteiger partial charge in [0.05, 0.1) is 5.92 Å². The fourth-order valence-electron chi connectivity index (χ4n) is 3.51. The Bertz CT molecular complexity index is 1050. The highest BCUT2D eigenvalue weighted by Gasteiger charge is 2.35. The molecule has 1 unspecified atom stereocenters. The first kappa shape index (κ1) is 19.6. The van der Waals surface area contributed by atoms with Gasteiger partial charge in [-0.3, -0.25) is 4.79 Å². The number of halogens is 1. The van der Waals surface area contributed by atoms with Gasteiger partial charge >= 0.3 is 0 Å². The van der Waals surface area contributed by atoms with E-state index in [0.29, 0.717) is 29.7 Å². The lowest BCUT2D eigenvalue weighted by molar-refractivity contribution is -0.117. The Hall–Kier alpha value is -2.66. The predicted molar refractivity (Wildman–Crippen MR) is 114 cm³/mol. The van der Waals surface area contributed by atoms with E-state index in [0.717, 1.165) is 16.8 Å². The molecule has 2 heterocycles. The van der Waals surface area contributed by atoms with Crippen LogP contribution >= 0.6 is 11.6 Å². The van der Waals surface area contributed by atoms with Crippen molar-refractivity contribution in [2.24, 2.45) is 0 Å². The second-order valence-electron chi connectivity index (χ2n) is 8.62. The Morgan fingerprint density at radius 3 is 2.52 bits per heavy atom. The molecular weight excluding hydrogens is 386 g/mol. The first-order valence-corrected chi connectivity index (χ1v) is 10.1. The zero-order valence-corrected chi connectivity index (χ0v) is 17.8. The minimum atomic E-state index is -0.127. The minimum Gasteiger partial charge on any atom is -0.339 e. The second kappa shape index (κ2) is 7.30. The summed E-state index contributed by atoms with van der Waals surface area (Å²) in [6.45, 7) is 8.98. The number of hydrogen-bond donors (Lipinski definition) is 0. The van der Waals surface area contributed by atoms with Crippen LogP contribution in [0.15, 0.2) is 47.0 Å². The van der Waals surface area contributed by atoms with Gasteiger partial charge in [-0.25, -0.2) is 0 Å². The summed E-state index contributed by atoms with van der Waals surface area (Å²) >= 11 is 6.22. The Morgan fingerprint density at radius 2 is 1.86 bits per heavy atom. The van der Waals surface area contributed by atoms with Crippen molar-refractivity contribution in [3.63, 3.8) is 0 Å². The van der Waals surface area contributed by atoms with Crippen LogP contribution in [0.25, 0.3) is 11.4 Å². The SMILES string of the molecule is Cc1ccc(N2CC(c3nc(-c4ccc(C(C)(C)C)cc4)no3)CC2=O)cc1Cl. The molecule has 3 aromatic rings. The van der Waals surface area contributed by atoms with Gasteiger partial charge in [-0.2, -0.15) is 4.98 Å². The first-order chi connectivity index (χ1) is 13.7. The van der Waals surface area contributed by atoms with E-state index in [9.17, 15) is 4.79 Å². The van der Waals surface area contributed by atoms with Crippen molar-refractivity contribution in [1.29, 1.82) is 0 Å². The third kappa shape index (κ3) is 3.92. The fourth-order valence-corrected chi connectivity index (χ4v) is 3.68. The molecule has 1 atom stereocenters. The van der Waals surface area contributed by atoms with Crippen molar-refractivity contribution in [3.05, 3.63) is 64.5 Å². The van der Waals surface area contributed by atoms with Crippen LogP contribution in [0, 0.1) is 6.92 Å². The van der Waals surface area contributed by atoms with Crippen LogP contribution < -0.4 is 4.90 Å². The van der Waals surface area contributed by atoms with E-state index >= 15 is 0 Å². The lowest BCUT2D eigenvalue weighted by Crippen LogP contribution is -2.24. The highest BCUT2D eigenvalue weighted by molar-refractivity contribution is 6.31. The third-order valence-corrected chi connectivity index (χ3v) is 5.80. The molecule has 0 bridgehead atoms. The number of anilines is 1. The molecule has 0 spiro atoms. The maximum absolute atomic E-state index is 12.6. The summed E-state index contributed by atoms with van der Waals surface area (Å²) < 4.78 is 5.51. The van der Waals surface area contributed by atoms with Crippen molar-refractivity contribution in [2.75, 3.05) is 11.4 Å². The Balaban J connectivity index is 1.52. The zero-order chi connectivity index (χ0) is 20.8. The van der Waals surface area contributed by atoms with E-state index in [4.69, 9.17) is 16.1 Å². The molecule has 1 aliphatic rings. The van der Waals surface area contributed by atoms with Crippen molar-refractivity contribution in [2.45, 2.75) is 45.4 Å². The molecular formula is C23H24ClN3O2. The molecule has 2 aromatic carbocycles. The van der Waals surface area contributed by atoms with E-state index in [2.05, 4.69) is 43.0 Å². The monoisotopic (exact) mass is 409 g/mol. The Labute approximate surface area is 175 Å². The Morgan fingerprint density at radius 1 is 1.14 bits per heavy atom. The van der Waals surface area contributed by atoms with Gasteiger partial charge in [-0.1, -0.05) is 67.9 Å². The summed E-state index contributed by atoms with van der Waals surface area (Å²) in [6, 6.07) is 13.9. The van der Waals surface area contributed by atoms with Gasteiger partial charge < -0.3 is 9.42 Å².